The zero-order valence-corrected chi connectivity index (χ0v) is 15.4. The van der Waals surface area contributed by atoms with E-state index in [1.165, 1.54) is 24.3 Å². The first-order chi connectivity index (χ1) is 13.5. The van der Waals surface area contributed by atoms with Crippen LogP contribution in [0.5, 0.6) is 0 Å². The molecule has 2 aromatic carbocycles. The fourth-order valence-corrected chi connectivity index (χ4v) is 3.44. The number of halogens is 2. The summed E-state index contributed by atoms with van der Waals surface area (Å²) in [5.41, 5.74) is 1.58. The minimum Gasteiger partial charge on any atom is -0.339 e. The van der Waals surface area contributed by atoms with Gasteiger partial charge in [-0.3, -0.25) is 4.79 Å². The molecule has 1 aromatic heterocycles. The van der Waals surface area contributed by atoms with Gasteiger partial charge in [-0.1, -0.05) is 5.16 Å². The molecule has 1 aliphatic rings. The van der Waals surface area contributed by atoms with Crippen LogP contribution in [0.25, 0.3) is 11.4 Å². The highest BCUT2D eigenvalue weighted by atomic mass is 19.1. The van der Waals surface area contributed by atoms with Gasteiger partial charge in [0.2, 0.25) is 11.7 Å². The van der Waals surface area contributed by atoms with Crippen LogP contribution in [0, 0.1) is 18.6 Å². The lowest BCUT2D eigenvalue weighted by atomic mass is 9.97. The fraction of sp³-hybridized carbons (Fsp3) is 0.286. The minimum absolute atomic E-state index is 0.0686. The normalized spacial score (nSPS) is 17.0. The summed E-state index contributed by atoms with van der Waals surface area (Å²) in [6.07, 6.45) is 1.64. The number of hydrogen-bond donors (Lipinski definition) is 0. The summed E-state index contributed by atoms with van der Waals surface area (Å²) in [4.78, 5) is 19.0. The van der Waals surface area contributed by atoms with Crippen LogP contribution in [-0.2, 0) is 0 Å². The van der Waals surface area contributed by atoms with Gasteiger partial charge >= 0.3 is 0 Å². The van der Waals surface area contributed by atoms with Crippen molar-refractivity contribution in [3.8, 4) is 11.4 Å². The molecule has 0 spiro atoms. The van der Waals surface area contributed by atoms with Crippen molar-refractivity contribution in [2.75, 3.05) is 13.1 Å². The molecule has 1 amide bonds. The highest BCUT2D eigenvalue weighted by Gasteiger charge is 2.29. The lowest BCUT2D eigenvalue weighted by molar-refractivity contribution is 0.0695. The number of nitrogens with zero attached hydrogens (tertiary/aromatic N) is 3. The van der Waals surface area contributed by atoms with Gasteiger partial charge < -0.3 is 9.42 Å². The number of aryl methyl sites for hydroxylation is 1. The molecule has 1 unspecified atom stereocenters. The predicted molar refractivity (Wildman–Crippen MR) is 98.7 cm³/mol. The van der Waals surface area contributed by atoms with Crippen LogP contribution >= 0.6 is 0 Å². The largest absolute Gasteiger partial charge is 0.339 e. The molecule has 3 aromatic rings. The Hall–Kier alpha value is -3.09. The first-order valence-corrected chi connectivity index (χ1v) is 9.16. The summed E-state index contributed by atoms with van der Waals surface area (Å²) in [6.45, 7) is 2.73. The molecule has 1 saturated heterocycles. The van der Waals surface area contributed by atoms with Gasteiger partial charge in [0.1, 0.15) is 11.6 Å². The summed E-state index contributed by atoms with van der Waals surface area (Å²) in [6, 6.07) is 10.3. The third-order valence-electron chi connectivity index (χ3n) is 5.01. The van der Waals surface area contributed by atoms with Gasteiger partial charge in [-0.25, -0.2) is 8.78 Å². The van der Waals surface area contributed by atoms with Gasteiger partial charge in [0.15, 0.2) is 0 Å². The van der Waals surface area contributed by atoms with Crippen LogP contribution in [0.2, 0.25) is 0 Å². The summed E-state index contributed by atoms with van der Waals surface area (Å²) >= 11 is 0. The van der Waals surface area contributed by atoms with Crippen molar-refractivity contribution in [2.24, 2.45) is 0 Å². The van der Waals surface area contributed by atoms with Crippen molar-refractivity contribution in [1.29, 1.82) is 0 Å². The molecule has 4 rings (SSSR count). The van der Waals surface area contributed by atoms with Gasteiger partial charge in [0.25, 0.3) is 5.91 Å². The number of likely N-dealkylation sites (tertiary alicyclic amines) is 1. The molecular weight excluding hydrogens is 364 g/mol. The number of amides is 1. The molecule has 2 heterocycles. The standard InChI is InChI=1S/C21H19F2N3O2/c1-13-11-15(6-9-18(13)23)21(27)26-10-2-3-16(12-26)20-24-19(25-28-20)14-4-7-17(22)8-5-14/h4-9,11,16H,2-3,10,12H2,1H3. The van der Waals surface area contributed by atoms with Gasteiger partial charge in [-0.15, -0.1) is 0 Å². The van der Waals surface area contributed by atoms with E-state index in [4.69, 9.17) is 4.52 Å². The number of carbonyl (C=O) groups excluding carboxylic acids is 1. The topological polar surface area (TPSA) is 59.2 Å². The van der Waals surface area contributed by atoms with E-state index in [9.17, 15) is 13.6 Å². The number of benzene rings is 2. The SMILES string of the molecule is Cc1cc(C(=O)N2CCCC(c3nc(-c4ccc(F)cc4)no3)C2)ccc1F. The molecule has 0 N–H and O–H groups in total. The molecule has 7 heteroatoms. The van der Waals surface area contributed by atoms with Crippen LogP contribution in [-0.4, -0.2) is 34.0 Å². The zero-order chi connectivity index (χ0) is 19.7. The van der Waals surface area contributed by atoms with Gasteiger partial charge in [0.05, 0.1) is 5.92 Å². The number of piperidine rings is 1. The number of hydrogen-bond acceptors (Lipinski definition) is 4. The third-order valence-corrected chi connectivity index (χ3v) is 5.01. The fourth-order valence-electron chi connectivity index (χ4n) is 3.44. The number of carbonyl (C=O) groups is 1. The van der Waals surface area contributed by atoms with E-state index in [1.54, 1.807) is 30.0 Å². The third kappa shape index (κ3) is 3.65. The maximum Gasteiger partial charge on any atom is 0.253 e. The Kier molecular flexibility index (Phi) is 4.90. The Bertz CT molecular complexity index is 1000. The average molecular weight is 383 g/mol. The Morgan fingerprint density at radius 2 is 1.96 bits per heavy atom. The smallest absolute Gasteiger partial charge is 0.253 e. The first-order valence-electron chi connectivity index (χ1n) is 9.16. The molecule has 28 heavy (non-hydrogen) atoms. The van der Waals surface area contributed by atoms with Crippen LogP contribution < -0.4 is 0 Å². The average Bonchev–Trinajstić information content (AvgIpc) is 3.20. The molecule has 1 aliphatic heterocycles. The van der Waals surface area contributed by atoms with Gasteiger partial charge in [-0.2, -0.15) is 4.98 Å². The molecular formula is C21H19F2N3O2. The summed E-state index contributed by atoms with van der Waals surface area (Å²) < 4.78 is 32.0. The van der Waals surface area contributed by atoms with Crippen LogP contribution in [0.3, 0.4) is 0 Å². The highest BCUT2D eigenvalue weighted by Crippen LogP contribution is 2.28. The lowest BCUT2D eigenvalue weighted by Crippen LogP contribution is -2.39. The molecule has 5 nitrogen and oxygen atoms in total. The van der Waals surface area contributed by atoms with Crippen molar-refractivity contribution >= 4 is 5.91 Å². The second-order valence-electron chi connectivity index (χ2n) is 7.02. The van der Waals surface area contributed by atoms with E-state index in [-0.39, 0.29) is 23.5 Å². The Balaban J connectivity index is 1.50. The lowest BCUT2D eigenvalue weighted by Gasteiger charge is -2.31. The van der Waals surface area contributed by atoms with E-state index in [2.05, 4.69) is 10.1 Å². The van der Waals surface area contributed by atoms with Crippen molar-refractivity contribution in [2.45, 2.75) is 25.7 Å². The Morgan fingerprint density at radius 3 is 2.71 bits per heavy atom. The summed E-state index contributed by atoms with van der Waals surface area (Å²) in [5.74, 6) is 0.00363. The van der Waals surface area contributed by atoms with E-state index in [1.807, 2.05) is 0 Å². The maximum atomic E-state index is 13.5. The minimum atomic E-state index is -0.329. The second kappa shape index (κ2) is 7.50. The predicted octanol–water partition coefficient (Wildman–Crippen LogP) is 4.34. The molecule has 1 atom stereocenters. The summed E-state index contributed by atoms with van der Waals surface area (Å²) in [7, 11) is 0. The monoisotopic (exact) mass is 383 g/mol. The second-order valence-corrected chi connectivity index (χ2v) is 7.02. The Labute approximate surface area is 161 Å². The molecule has 1 fully saturated rings. The molecule has 0 saturated carbocycles. The number of aromatic nitrogens is 2. The van der Waals surface area contributed by atoms with Crippen LogP contribution in [0.15, 0.2) is 47.0 Å². The van der Waals surface area contributed by atoms with E-state index in [0.717, 1.165) is 12.8 Å². The molecule has 144 valence electrons. The van der Waals surface area contributed by atoms with Crippen molar-refractivity contribution in [3.63, 3.8) is 0 Å². The zero-order valence-electron chi connectivity index (χ0n) is 15.4. The molecule has 0 aliphatic carbocycles. The van der Waals surface area contributed by atoms with E-state index >= 15 is 0 Å². The van der Waals surface area contributed by atoms with E-state index in [0.29, 0.717) is 41.5 Å². The Morgan fingerprint density at radius 1 is 1.18 bits per heavy atom. The first kappa shape index (κ1) is 18.3. The number of rotatable bonds is 3. The molecule has 0 bridgehead atoms. The molecule has 0 radical (unpaired) electrons. The van der Waals surface area contributed by atoms with Crippen molar-refractivity contribution in [1.82, 2.24) is 15.0 Å². The summed E-state index contributed by atoms with van der Waals surface area (Å²) in [5, 5.41) is 3.99. The van der Waals surface area contributed by atoms with Crippen molar-refractivity contribution in [3.05, 3.63) is 71.1 Å². The highest BCUT2D eigenvalue weighted by molar-refractivity contribution is 5.94. The van der Waals surface area contributed by atoms with Crippen LogP contribution in [0.4, 0.5) is 8.78 Å². The quantitative estimate of drug-likeness (QED) is 0.675. The van der Waals surface area contributed by atoms with Gasteiger partial charge in [0, 0.05) is 24.2 Å². The van der Waals surface area contributed by atoms with E-state index < -0.39 is 0 Å². The van der Waals surface area contributed by atoms with Gasteiger partial charge in [-0.05, 0) is 67.8 Å². The van der Waals surface area contributed by atoms with Crippen molar-refractivity contribution < 1.29 is 18.1 Å². The maximum absolute atomic E-state index is 13.5. The van der Waals surface area contributed by atoms with Crippen LogP contribution in [0.1, 0.15) is 40.6 Å².